The van der Waals surface area contributed by atoms with Gasteiger partial charge in [-0.3, -0.25) is 9.10 Å². The molecule has 1 amide bonds. The number of amides is 1. The quantitative estimate of drug-likeness (QED) is 0.506. The van der Waals surface area contributed by atoms with Crippen molar-refractivity contribution in [3.8, 4) is 0 Å². The van der Waals surface area contributed by atoms with Gasteiger partial charge in [-0.15, -0.1) is 0 Å². The molecule has 0 saturated carbocycles. The van der Waals surface area contributed by atoms with Crippen molar-refractivity contribution in [3.63, 3.8) is 0 Å². The smallest absolute Gasteiger partial charge is 0.264 e. The maximum Gasteiger partial charge on any atom is 0.264 e. The van der Waals surface area contributed by atoms with E-state index in [1.807, 2.05) is 32.9 Å². The van der Waals surface area contributed by atoms with E-state index in [1.165, 1.54) is 28.3 Å². The zero-order chi connectivity index (χ0) is 24.3. The highest BCUT2D eigenvalue weighted by Gasteiger charge is 2.28. The second kappa shape index (κ2) is 10.0. The summed E-state index contributed by atoms with van der Waals surface area (Å²) < 4.78 is 28.3. The number of hydrogen-bond donors (Lipinski definition) is 1. The first-order valence-corrected chi connectivity index (χ1v) is 13.3. The lowest BCUT2D eigenvalue weighted by Crippen LogP contribution is -2.41. The van der Waals surface area contributed by atoms with Crippen LogP contribution < -0.4 is 9.62 Å². The molecule has 0 radical (unpaired) electrons. The normalized spacial score (nSPS) is 14.2. The van der Waals surface area contributed by atoms with Gasteiger partial charge in [0.25, 0.3) is 10.0 Å². The third-order valence-electron chi connectivity index (χ3n) is 6.65. The van der Waals surface area contributed by atoms with E-state index in [9.17, 15) is 13.2 Å². The predicted molar refractivity (Wildman–Crippen MR) is 137 cm³/mol. The number of anilines is 1. The van der Waals surface area contributed by atoms with E-state index < -0.39 is 10.0 Å². The summed E-state index contributed by atoms with van der Waals surface area (Å²) in [6, 6.07) is 19.9. The molecular weight excluding hydrogens is 444 g/mol. The molecule has 0 fully saturated rings. The highest BCUT2D eigenvalue weighted by molar-refractivity contribution is 7.92. The largest absolute Gasteiger partial charge is 0.348 e. The monoisotopic (exact) mass is 476 g/mol. The molecule has 178 valence electrons. The second-order valence-electron chi connectivity index (χ2n) is 9.12. The van der Waals surface area contributed by atoms with Crippen molar-refractivity contribution in [1.29, 1.82) is 0 Å². The van der Waals surface area contributed by atoms with Crippen molar-refractivity contribution in [2.45, 2.75) is 57.4 Å². The summed E-state index contributed by atoms with van der Waals surface area (Å²) in [6.45, 7) is 5.55. The molecule has 4 rings (SSSR count). The molecule has 0 bridgehead atoms. The summed E-state index contributed by atoms with van der Waals surface area (Å²) >= 11 is 0. The Balaban J connectivity index is 1.58. The number of nitrogens with zero attached hydrogens (tertiary/aromatic N) is 1. The molecule has 0 aromatic heterocycles. The van der Waals surface area contributed by atoms with E-state index >= 15 is 0 Å². The van der Waals surface area contributed by atoms with Gasteiger partial charge in [0.05, 0.1) is 16.6 Å². The molecule has 1 N–H and O–H groups in total. The van der Waals surface area contributed by atoms with Gasteiger partial charge in [0, 0.05) is 0 Å². The molecule has 0 aliphatic heterocycles. The lowest BCUT2D eigenvalue weighted by atomic mass is 9.89. The van der Waals surface area contributed by atoms with Crippen LogP contribution >= 0.6 is 0 Å². The summed E-state index contributed by atoms with van der Waals surface area (Å²) in [4.78, 5) is 13.3. The van der Waals surface area contributed by atoms with Crippen molar-refractivity contribution >= 4 is 21.6 Å². The van der Waals surface area contributed by atoms with Crippen LogP contribution in [0.25, 0.3) is 0 Å². The number of carbonyl (C=O) groups is 1. The van der Waals surface area contributed by atoms with Crippen LogP contribution in [0.3, 0.4) is 0 Å². The molecule has 3 aromatic carbocycles. The van der Waals surface area contributed by atoms with Crippen LogP contribution in [0, 0.1) is 13.8 Å². The van der Waals surface area contributed by atoms with Crippen LogP contribution in [-0.2, 0) is 27.7 Å². The minimum atomic E-state index is -3.92. The van der Waals surface area contributed by atoms with Gasteiger partial charge in [0.2, 0.25) is 5.91 Å². The molecule has 0 spiro atoms. The van der Waals surface area contributed by atoms with E-state index in [0.29, 0.717) is 5.69 Å². The van der Waals surface area contributed by atoms with Gasteiger partial charge >= 0.3 is 0 Å². The zero-order valence-corrected chi connectivity index (χ0v) is 20.9. The summed E-state index contributed by atoms with van der Waals surface area (Å²) in [5, 5.41) is 3.01. The van der Waals surface area contributed by atoms with Crippen LogP contribution in [0.4, 0.5) is 5.69 Å². The van der Waals surface area contributed by atoms with Crippen molar-refractivity contribution in [2.75, 3.05) is 10.8 Å². The number of rotatable bonds is 7. The first-order valence-electron chi connectivity index (χ1n) is 11.8. The number of aryl methyl sites for hydroxylation is 4. The highest BCUT2D eigenvalue weighted by Crippen LogP contribution is 2.27. The number of sulfonamides is 1. The minimum absolute atomic E-state index is 0.156. The van der Waals surface area contributed by atoms with E-state index in [4.69, 9.17) is 0 Å². The molecule has 1 unspecified atom stereocenters. The van der Waals surface area contributed by atoms with Crippen molar-refractivity contribution < 1.29 is 13.2 Å². The first-order chi connectivity index (χ1) is 16.3. The van der Waals surface area contributed by atoms with Crippen LogP contribution in [0.2, 0.25) is 0 Å². The lowest BCUT2D eigenvalue weighted by Gasteiger charge is -2.26. The van der Waals surface area contributed by atoms with Crippen LogP contribution in [-0.4, -0.2) is 20.9 Å². The standard InChI is InChI=1S/C28H32N2O3S/c1-20-13-16-26(17-21(20)2)30(34(32,33)27-11-5-4-6-12-27)19-28(31)29-22(3)24-15-14-23-9-7-8-10-25(23)18-24/h4-6,11-18,22H,7-10,19H2,1-3H3,(H,29,31). The van der Waals surface area contributed by atoms with E-state index in [0.717, 1.165) is 29.5 Å². The molecule has 0 heterocycles. The molecule has 6 heteroatoms. The molecule has 34 heavy (non-hydrogen) atoms. The predicted octanol–water partition coefficient (Wildman–Crippen LogP) is 5.25. The Labute approximate surface area is 202 Å². The van der Waals surface area contributed by atoms with Gasteiger partial charge < -0.3 is 5.32 Å². The Bertz CT molecular complexity index is 1290. The molecule has 1 atom stereocenters. The Kier molecular flexibility index (Phi) is 7.08. The topological polar surface area (TPSA) is 66.5 Å². The fourth-order valence-corrected chi connectivity index (χ4v) is 5.87. The SMILES string of the molecule is Cc1ccc(N(CC(=O)NC(C)c2ccc3c(c2)CCCC3)S(=O)(=O)c2ccccc2)cc1C. The Morgan fingerprint density at radius 2 is 1.62 bits per heavy atom. The van der Waals surface area contributed by atoms with Crippen LogP contribution in [0.15, 0.2) is 71.6 Å². The maximum atomic E-state index is 13.5. The number of carbonyl (C=O) groups excluding carboxylic acids is 1. The number of hydrogen-bond acceptors (Lipinski definition) is 3. The Morgan fingerprint density at radius 3 is 2.32 bits per heavy atom. The van der Waals surface area contributed by atoms with Crippen molar-refractivity contribution in [1.82, 2.24) is 5.32 Å². The van der Waals surface area contributed by atoms with Crippen LogP contribution in [0.1, 0.15) is 53.6 Å². The van der Waals surface area contributed by atoms with Crippen molar-refractivity contribution in [3.05, 3.63) is 94.5 Å². The van der Waals surface area contributed by atoms with Gasteiger partial charge in [0.15, 0.2) is 0 Å². The van der Waals surface area contributed by atoms with Crippen molar-refractivity contribution in [2.24, 2.45) is 0 Å². The van der Waals surface area contributed by atoms with E-state index in [1.54, 1.807) is 36.4 Å². The molecule has 3 aromatic rings. The molecule has 1 aliphatic rings. The van der Waals surface area contributed by atoms with Gasteiger partial charge in [0.1, 0.15) is 6.54 Å². The summed E-state index contributed by atoms with van der Waals surface area (Å²) in [6.07, 6.45) is 4.60. The minimum Gasteiger partial charge on any atom is -0.348 e. The summed E-state index contributed by atoms with van der Waals surface area (Å²) in [5.41, 5.74) is 6.29. The van der Waals surface area contributed by atoms with Gasteiger partial charge in [-0.1, -0.05) is 42.5 Å². The van der Waals surface area contributed by atoms with E-state index in [-0.39, 0.29) is 23.4 Å². The van der Waals surface area contributed by atoms with Gasteiger partial charge in [-0.05, 0) is 98.5 Å². The first kappa shape index (κ1) is 24.0. The average Bonchev–Trinajstić information content (AvgIpc) is 2.84. The summed E-state index contributed by atoms with van der Waals surface area (Å²) in [5.74, 6) is -0.344. The molecule has 5 nitrogen and oxygen atoms in total. The second-order valence-corrected chi connectivity index (χ2v) is 11.0. The fraction of sp³-hybridized carbons (Fsp3) is 0.321. The molecule has 0 saturated heterocycles. The Hall–Kier alpha value is -3.12. The average molecular weight is 477 g/mol. The number of nitrogens with one attached hydrogen (secondary N) is 1. The molecule has 1 aliphatic carbocycles. The van der Waals surface area contributed by atoms with E-state index in [2.05, 4.69) is 23.5 Å². The fourth-order valence-electron chi connectivity index (χ4n) is 4.44. The lowest BCUT2D eigenvalue weighted by molar-refractivity contribution is -0.120. The number of benzene rings is 3. The van der Waals surface area contributed by atoms with Gasteiger partial charge in [-0.2, -0.15) is 0 Å². The van der Waals surface area contributed by atoms with Crippen LogP contribution in [0.5, 0.6) is 0 Å². The maximum absolute atomic E-state index is 13.5. The molecular formula is C28H32N2O3S. The Morgan fingerprint density at radius 1 is 0.912 bits per heavy atom. The van der Waals surface area contributed by atoms with Gasteiger partial charge in [-0.25, -0.2) is 8.42 Å². The third kappa shape index (κ3) is 5.17. The highest BCUT2D eigenvalue weighted by atomic mass is 32.2. The summed E-state index contributed by atoms with van der Waals surface area (Å²) in [7, 11) is -3.92. The zero-order valence-electron chi connectivity index (χ0n) is 20.0. The third-order valence-corrected chi connectivity index (χ3v) is 8.44. The number of fused-ring (bicyclic) bond motifs is 1.